The van der Waals surface area contributed by atoms with Gasteiger partial charge in [-0.2, -0.15) is 0 Å². The molecular weight excluding hydrogens is 396 g/mol. The molecule has 7 heteroatoms. The summed E-state index contributed by atoms with van der Waals surface area (Å²) in [6.45, 7) is 11.4. The fourth-order valence-electron chi connectivity index (χ4n) is 3.93. The minimum absolute atomic E-state index is 0.363. The lowest BCUT2D eigenvalue weighted by Gasteiger charge is -2.32. The monoisotopic (exact) mass is 436 g/mol. The summed E-state index contributed by atoms with van der Waals surface area (Å²) in [5.41, 5.74) is 1.11. The summed E-state index contributed by atoms with van der Waals surface area (Å²) in [6, 6.07) is 7.60. The van der Waals surface area contributed by atoms with Crippen LogP contribution in [0.3, 0.4) is 0 Å². The predicted octanol–water partition coefficient (Wildman–Crippen LogP) is 3.09. The molecule has 1 aliphatic heterocycles. The van der Waals surface area contributed by atoms with Gasteiger partial charge in [0, 0.05) is 25.4 Å². The SMILES string of the molecule is CCNC(=NCC(C(C)C)N1CCCCCC1)NCCc1ccc(S(C)(=O)=O)cc1. The summed E-state index contributed by atoms with van der Waals surface area (Å²) in [7, 11) is -3.14. The van der Waals surface area contributed by atoms with E-state index in [1.165, 1.54) is 45.0 Å². The summed E-state index contributed by atoms with van der Waals surface area (Å²) in [6.07, 6.45) is 7.33. The summed E-state index contributed by atoms with van der Waals surface area (Å²) in [5.74, 6) is 1.42. The van der Waals surface area contributed by atoms with Crippen molar-refractivity contribution >= 4 is 15.8 Å². The average molecular weight is 437 g/mol. The first-order chi connectivity index (χ1) is 14.3. The zero-order valence-corrected chi connectivity index (χ0v) is 20.0. The van der Waals surface area contributed by atoms with Gasteiger partial charge in [-0.3, -0.25) is 9.89 Å². The largest absolute Gasteiger partial charge is 0.357 e. The van der Waals surface area contributed by atoms with Crippen LogP contribution in [-0.4, -0.2) is 64.3 Å². The van der Waals surface area contributed by atoms with Crippen molar-refractivity contribution in [1.29, 1.82) is 0 Å². The summed E-state index contributed by atoms with van der Waals surface area (Å²) >= 11 is 0. The molecule has 0 aliphatic carbocycles. The third-order valence-corrected chi connectivity index (χ3v) is 6.85. The van der Waals surface area contributed by atoms with Crippen LogP contribution in [0.15, 0.2) is 34.2 Å². The number of hydrogen-bond donors (Lipinski definition) is 2. The molecule has 1 saturated heterocycles. The Morgan fingerprint density at radius 3 is 2.23 bits per heavy atom. The smallest absolute Gasteiger partial charge is 0.191 e. The van der Waals surface area contributed by atoms with E-state index in [0.29, 0.717) is 16.9 Å². The van der Waals surface area contributed by atoms with E-state index < -0.39 is 9.84 Å². The molecule has 1 unspecified atom stereocenters. The quantitative estimate of drug-likeness (QED) is 0.460. The Balaban J connectivity index is 1.92. The third kappa shape index (κ3) is 8.26. The van der Waals surface area contributed by atoms with E-state index in [2.05, 4.69) is 36.3 Å². The van der Waals surface area contributed by atoms with Crippen LogP contribution >= 0.6 is 0 Å². The van der Waals surface area contributed by atoms with Crippen LogP contribution in [0.2, 0.25) is 0 Å². The molecule has 1 heterocycles. The molecule has 170 valence electrons. The van der Waals surface area contributed by atoms with Gasteiger partial charge in [-0.15, -0.1) is 0 Å². The number of rotatable bonds is 9. The highest BCUT2D eigenvalue weighted by molar-refractivity contribution is 7.90. The molecule has 0 aromatic heterocycles. The predicted molar refractivity (Wildman–Crippen MR) is 126 cm³/mol. The Bertz CT molecular complexity index is 752. The first-order valence-electron chi connectivity index (χ1n) is 11.4. The van der Waals surface area contributed by atoms with Crippen molar-refractivity contribution in [2.24, 2.45) is 10.9 Å². The highest BCUT2D eigenvalue weighted by atomic mass is 32.2. The molecular formula is C23H40N4O2S. The van der Waals surface area contributed by atoms with E-state index >= 15 is 0 Å². The molecule has 1 atom stereocenters. The second kappa shape index (κ2) is 12.3. The van der Waals surface area contributed by atoms with Crippen molar-refractivity contribution in [3.8, 4) is 0 Å². The Labute approximate surface area is 183 Å². The molecule has 0 saturated carbocycles. The normalized spacial score (nSPS) is 17.6. The Morgan fingerprint density at radius 1 is 1.07 bits per heavy atom. The minimum atomic E-state index is -3.14. The molecule has 2 N–H and O–H groups in total. The average Bonchev–Trinajstić information content (AvgIpc) is 2.97. The van der Waals surface area contributed by atoms with Crippen LogP contribution in [0.4, 0.5) is 0 Å². The van der Waals surface area contributed by atoms with E-state index in [-0.39, 0.29) is 0 Å². The number of nitrogens with one attached hydrogen (secondary N) is 2. The summed E-state index contributed by atoms with van der Waals surface area (Å²) in [5, 5.41) is 6.77. The number of hydrogen-bond acceptors (Lipinski definition) is 4. The van der Waals surface area contributed by atoms with E-state index in [0.717, 1.165) is 37.6 Å². The van der Waals surface area contributed by atoms with E-state index in [1.54, 1.807) is 12.1 Å². The molecule has 1 aromatic rings. The maximum atomic E-state index is 11.6. The first kappa shape index (κ1) is 24.7. The molecule has 0 radical (unpaired) electrons. The van der Waals surface area contributed by atoms with Crippen molar-refractivity contribution in [3.63, 3.8) is 0 Å². The number of sulfone groups is 1. The minimum Gasteiger partial charge on any atom is -0.357 e. The zero-order valence-electron chi connectivity index (χ0n) is 19.2. The second-order valence-corrected chi connectivity index (χ2v) is 10.6. The highest BCUT2D eigenvalue weighted by Crippen LogP contribution is 2.18. The first-order valence-corrected chi connectivity index (χ1v) is 13.3. The van der Waals surface area contributed by atoms with Gasteiger partial charge in [0.25, 0.3) is 0 Å². The van der Waals surface area contributed by atoms with Gasteiger partial charge in [0.05, 0.1) is 11.4 Å². The summed E-state index contributed by atoms with van der Waals surface area (Å²) in [4.78, 5) is 7.89. The van der Waals surface area contributed by atoms with Gasteiger partial charge < -0.3 is 10.6 Å². The van der Waals surface area contributed by atoms with E-state index in [9.17, 15) is 8.42 Å². The van der Waals surface area contributed by atoms with Crippen LogP contribution in [0, 0.1) is 5.92 Å². The van der Waals surface area contributed by atoms with Crippen LogP contribution in [0.25, 0.3) is 0 Å². The topological polar surface area (TPSA) is 73.8 Å². The second-order valence-electron chi connectivity index (χ2n) is 8.57. The number of likely N-dealkylation sites (tertiary alicyclic amines) is 1. The van der Waals surface area contributed by atoms with Gasteiger partial charge >= 0.3 is 0 Å². The Hall–Kier alpha value is -1.60. The maximum absolute atomic E-state index is 11.6. The maximum Gasteiger partial charge on any atom is 0.191 e. The Kier molecular flexibility index (Phi) is 10.1. The van der Waals surface area contributed by atoms with E-state index in [4.69, 9.17) is 4.99 Å². The van der Waals surface area contributed by atoms with Gasteiger partial charge in [0.2, 0.25) is 0 Å². The number of benzene rings is 1. The number of aliphatic imine (C=N–C) groups is 1. The molecule has 30 heavy (non-hydrogen) atoms. The van der Waals surface area contributed by atoms with Gasteiger partial charge in [-0.05, 0) is 62.9 Å². The molecule has 0 spiro atoms. The lowest BCUT2D eigenvalue weighted by atomic mass is 10.0. The van der Waals surface area contributed by atoms with Crippen molar-refractivity contribution in [2.75, 3.05) is 39.0 Å². The fourth-order valence-corrected chi connectivity index (χ4v) is 4.56. The molecule has 0 amide bonds. The highest BCUT2D eigenvalue weighted by Gasteiger charge is 2.22. The van der Waals surface area contributed by atoms with Crippen LogP contribution in [-0.2, 0) is 16.3 Å². The lowest BCUT2D eigenvalue weighted by molar-refractivity contribution is 0.166. The molecule has 2 rings (SSSR count). The molecule has 0 bridgehead atoms. The molecule has 1 fully saturated rings. The van der Waals surface area contributed by atoms with Crippen LogP contribution in [0.5, 0.6) is 0 Å². The van der Waals surface area contributed by atoms with Gasteiger partial charge in [0.1, 0.15) is 0 Å². The van der Waals surface area contributed by atoms with Crippen LogP contribution < -0.4 is 10.6 Å². The van der Waals surface area contributed by atoms with Gasteiger partial charge in [-0.25, -0.2) is 8.42 Å². The summed E-state index contributed by atoms with van der Waals surface area (Å²) < 4.78 is 23.2. The molecule has 6 nitrogen and oxygen atoms in total. The molecule has 1 aromatic carbocycles. The van der Waals surface area contributed by atoms with E-state index in [1.807, 2.05) is 12.1 Å². The zero-order chi connectivity index (χ0) is 22.0. The lowest BCUT2D eigenvalue weighted by Crippen LogP contribution is -2.44. The van der Waals surface area contributed by atoms with Gasteiger partial charge in [-0.1, -0.05) is 38.8 Å². The van der Waals surface area contributed by atoms with Gasteiger partial charge in [0.15, 0.2) is 15.8 Å². The number of nitrogens with zero attached hydrogens (tertiary/aromatic N) is 2. The standard InChI is InChI=1S/C23H40N4O2S/c1-5-24-23(25-15-14-20-10-12-21(13-11-20)30(4,28)29)26-18-22(19(2)3)27-16-8-6-7-9-17-27/h10-13,19,22H,5-9,14-18H2,1-4H3,(H2,24,25,26). The molecule has 1 aliphatic rings. The van der Waals surface area contributed by atoms with Crippen molar-refractivity contribution in [1.82, 2.24) is 15.5 Å². The number of guanidine groups is 1. The third-order valence-electron chi connectivity index (χ3n) is 5.72. The van der Waals surface area contributed by atoms with Crippen molar-refractivity contribution in [2.45, 2.75) is 63.8 Å². The fraction of sp³-hybridized carbons (Fsp3) is 0.696. The van der Waals surface area contributed by atoms with Crippen molar-refractivity contribution < 1.29 is 8.42 Å². The van der Waals surface area contributed by atoms with Crippen molar-refractivity contribution in [3.05, 3.63) is 29.8 Å². The Morgan fingerprint density at radius 2 is 1.70 bits per heavy atom. The van der Waals surface area contributed by atoms with Crippen LogP contribution in [0.1, 0.15) is 52.0 Å².